The summed E-state index contributed by atoms with van der Waals surface area (Å²) in [6.45, 7) is 4.23. The van der Waals surface area contributed by atoms with E-state index in [0.717, 1.165) is 51.7 Å². The van der Waals surface area contributed by atoms with Crippen LogP contribution in [0, 0.1) is 5.92 Å². The molecule has 1 saturated heterocycles. The Morgan fingerprint density at radius 3 is 2.82 bits per heavy atom. The molecule has 0 radical (unpaired) electrons. The molecule has 17 heavy (non-hydrogen) atoms. The van der Waals surface area contributed by atoms with E-state index in [-0.39, 0.29) is 0 Å². The van der Waals surface area contributed by atoms with Gasteiger partial charge in [-0.25, -0.2) is 0 Å². The highest BCUT2D eigenvalue weighted by Crippen LogP contribution is 2.38. The SMILES string of the molecule is COCCCOCCNC1CCOC1C1CC1. The molecule has 2 rings (SSSR count). The van der Waals surface area contributed by atoms with Crippen molar-refractivity contribution in [2.24, 2.45) is 5.92 Å². The largest absolute Gasteiger partial charge is 0.385 e. The van der Waals surface area contributed by atoms with Gasteiger partial charge >= 0.3 is 0 Å². The van der Waals surface area contributed by atoms with Crippen LogP contribution in [0.25, 0.3) is 0 Å². The van der Waals surface area contributed by atoms with Crippen LogP contribution < -0.4 is 5.32 Å². The van der Waals surface area contributed by atoms with Gasteiger partial charge < -0.3 is 19.5 Å². The molecule has 1 saturated carbocycles. The molecule has 100 valence electrons. The zero-order valence-corrected chi connectivity index (χ0v) is 10.8. The van der Waals surface area contributed by atoms with Gasteiger partial charge in [-0.2, -0.15) is 0 Å². The number of methoxy groups -OCH3 is 1. The highest BCUT2D eigenvalue weighted by molar-refractivity contribution is 4.93. The van der Waals surface area contributed by atoms with E-state index in [9.17, 15) is 0 Å². The predicted octanol–water partition coefficient (Wildman–Crippen LogP) is 1.20. The van der Waals surface area contributed by atoms with E-state index in [0.29, 0.717) is 12.1 Å². The molecule has 0 bridgehead atoms. The molecule has 0 aromatic heterocycles. The Morgan fingerprint density at radius 2 is 2.06 bits per heavy atom. The summed E-state index contributed by atoms with van der Waals surface area (Å²) in [5.74, 6) is 0.831. The lowest BCUT2D eigenvalue weighted by atomic mass is 10.1. The fraction of sp³-hybridized carbons (Fsp3) is 1.00. The second-order valence-corrected chi connectivity index (χ2v) is 4.98. The molecule has 1 N–H and O–H groups in total. The van der Waals surface area contributed by atoms with Crippen molar-refractivity contribution < 1.29 is 14.2 Å². The molecule has 1 aliphatic carbocycles. The van der Waals surface area contributed by atoms with Crippen molar-refractivity contribution in [3.05, 3.63) is 0 Å². The van der Waals surface area contributed by atoms with Crippen molar-refractivity contribution in [1.29, 1.82) is 0 Å². The molecule has 2 fully saturated rings. The highest BCUT2D eigenvalue weighted by atomic mass is 16.5. The van der Waals surface area contributed by atoms with E-state index in [1.165, 1.54) is 12.8 Å². The van der Waals surface area contributed by atoms with Crippen LogP contribution in [-0.2, 0) is 14.2 Å². The Morgan fingerprint density at radius 1 is 1.18 bits per heavy atom. The summed E-state index contributed by atoms with van der Waals surface area (Å²) >= 11 is 0. The lowest BCUT2D eigenvalue weighted by molar-refractivity contribution is 0.0750. The molecule has 0 aromatic rings. The molecule has 0 spiro atoms. The molecule has 1 aliphatic heterocycles. The molecule has 1 heterocycles. The molecule has 2 unspecified atom stereocenters. The highest BCUT2D eigenvalue weighted by Gasteiger charge is 2.40. The third-order valence-corrected chi connectivity index (χ3v) is 3.51. The lowest BCUT2D eigenvalue weighted by Crippen LogP contribution is -2.39. The Labute approximate surface area is 104 Å². The van der Waals surface area contributed by atoms with Gasteiger partial charge in [0, 0.05) is 39.5 Å². The quantitative estimate of drug-likeness (QED) is 0.618. The number of ether oxygens (including phenoxy) is 3. The van der Waals surface area contributed by atoms with Crippen molar-refractivity contribution in [3.8, 4) is 0 Å². The van der Waals surface area contributed by atoms with Gasteiger partial charge in [0.25, 0.3) is 0 Å². The van der Waals surface area contributed by atoms with Crippen LogP contribution in [0.1, 0.15) is 25.7 Å². The van der Waals surface area contributed by atoms with E-state index >= 15 is 0 Å². The molecule has 2 aliphatic rings. The standard InChI is InChI=1S/C13H25NO3/c1-15-7-2-8-16-10-6-14-12-5-9-17-13(12)11-3-4-11/h11-14H,2-10H2,1H3. The van der Waals surface area contributed by atoms with Crippen molar-refractivity contribution in [1.82, 2.24) is 5.32 Å². The normalized spacial score (nSPS) is 28.8. The van der Waals surface area contributed by atoms with Crippen LogP contribution in [0.2, 0.25) is 0 Å². The number of hydrogen-bond donors (Lipinski definition) is 1. The summed E-state index contributed by atoms with van der Waals surface area (Å²) in [5, 5.41) is 3.56. The molecule has 0 amide bonds. The van der Waals surface area contributed by atoms with E-state index < -0.39 is 0 Å². The summed E-state index contributed by atoms with van der Waals surface area (Å²) in [5.41, 5.74) is 0. The Hall–Kier alpha value is -0.160. The average molecular weight is 243 g/mol. The van der Waals surface area contributed by atoms with Crippen LogP contribution in [0.3, 0.4) is 0 Å². The predicted molar refractivity (Wildman–Crippen MR) is 66.2 cm³/mol. The number of hydrogen-bond acceptors (Lipinski definition) is 4. The van der Waals surface area contributed by atoms with E-state index in [2.05, 4.69) is 5.32 Å². The fourth-order valence-corrected chi connectivity index (χ4v) is 2.44. The topological polar surface area (TPSA) is 39.7 Å². The minimum absolute atomic E-state index is 0.475. The first-order chi connectivity index (χ1) is 8.42. The summed E-state index contributed by atoms with van der Waals surface area (Å²) in [7, 11) is 1.72. The molecule has 2 atom stereocenters. The Bertz CT molecular complexity index is 209. The molecular formula is C13H25NO3. The monoisotopic (exact) mass is 243 g/mol. The van der Waals surface area contributed by atoms with Crippen LogP contribution in [0.5, 0.6) is 0 Å². The minimum atomic E-state index is 0.475. The average Bonchev–Trinajstić information content (AvgIpc) is 3.08. The molecule has 4 nitrogen and oxygen atoms in total. The first-order valence-electron chi connectivity index (χ1n) is 6.83. The van der Waals surface area contributed by atoms with Crippen LogP contribution in [0.4, 0.5) is 0 Å². The van der Waals surface area contributed by atoms with E-state index in [1.54, 1.807) is 7.11 Å². The van der Waals surface area contributed by atoms with Gasteiger partial charge in [-0.15, -0.1) is 0 Å². The summed E-state index contributed by atoms with van der Waals surface area (Å²) in [4.78, 5) is 0. The second kappa shape index (κ2) is 7.31. The van der Waals surface area contributed by atoms with E-state index in [4.69, 9.17) is 14.2 Å². The maximum Gasteiger partial charge on any atom is 0.0756 e. The van der Waals surface area contributed by atoms with Gasteiger partial charge in [-0.05, 0) is 31.6 Å². The van der Waals surface area contributed by atoms with Crippen molar-refractivity contribution in [3.63, 3.8) is 0 Å². The molecular weight excluding hydrogens is 218 g/mol. The maximum atomic E-state index is 5.78. The number of nitrogens with one attached hydrogen (secondary N) is 1. The Kier molecular flexibility index (Phi) is 5.71. The third-order valence-electron chi connectivity index (χ3n) is 3.51. The van der Waals surface area contributed by atoms with Gasteiger partial charge in [0.2, 0.25) is 0 Å². The van der Waals surface area contributed by atoms with Crippen molar-refractivity contribution >= 4 is 0 Å². The summed E-state index contributed by atoms with van der Waals surface area (Å²) in [6.07, 6.45) is 5.33. The number of rotatable bonds is 9. The van der Waals surface area contributed by atoms with Crippen molar-refractivity contribution in [2.75, 3.05) is 40.1 Å². The third kappa shape index (κ3) is 4.54. The second-order valence-electron chi connectivity index (χ2n) is 4.98. The zero-order valence-electron chi connectivity index (χ0n) is 10.8. The summed E-state index contributed by atoms with van der Waals surface area (Å²) in [6, 6.07) is 0.560. The zero-order chi connectivity index (χ0) is 11.9. The first-order valence-corrected chi connectivity index (χ1v) is 6.83. The fourth-order valence-electron chi connectivity index (χ4n) is 2.44. The van der Waals surface area contributed by atoms with Gasteiger partial charge in [-0.1, -0.05) is 0 Å². The van der Waals surface area contributed by atoms with Gasteiger partial charge in [0.15, 0.2) is 0 Å². The molecule has 4 heteroatoms. The maximum absolute atomic E-state index is 5.78. The van der Waals surface area contributed by atoms with Gasteiger partial charge in [0.1, 0.15) is 0 Å². The van der Waals surface area contributed by atoms with Gasteiger partial charge in [0.05, 0.1) is 12.7 Å². The van der Waals surface area contributed by atoms with E-state index in [1.807, 2.05) is 0 Å². The van der Waals surface area contributed by atoms with Crippen LogP contribution in [0.15, 0.2) is 0 Å². The Balaban J connectivity index is 1.47. The minimum Gasteiger partial charge on any atom is -0.385 e. The lowest BCUT2D eigenvalue weighted by Gasteiger charge is -2.19. The van der Waals surface area contributed by atoms with Crippen LogP contribution in [-0.4, -0.2) is 52.2 Å². The first kappa shape index (κ1) is 13.3. The smallest absolute Gasteiger partial charge is 0.0756 e. The van der Waals surface area contributed by atoms with Crippen molar-refractivity contribution in [2.45, 2.75) is 37.8 Å². The van der Waals surface area contributed by atoms with Crippen LogP contribution >= 0.6 is 0 Å². The summed E-state index contributed by atoms with van der Waals surface area (Å²) < 4.78 is 16.3. The van der Waals surface area contributed by atoms with Gasteiger partial charge in [-0.3, -0.25) is 0 Å². The molecule has 0 aromatic carbocycles.